The standard InChI is InChI=1S/C14H21N3O.HI/c1-2-8-15-14(17-10-3-4-11-17)16-9-7-13-6-5-12-18-13;/h2,5-6,12H,1,3-4,7-11H2,(H,15,16);1H. The van der Waals surface area contributed by atoms with Crippen LogP contribution in [0.1, 0.15) is 18.6 Å². The minimum atomic E-state index is 0. The van der Waals surface area contributed by atoms with E-state index in [0.29, 0.717) is 0 Å². The molecule has 0 aliphatic carbocycles. The first-order valence-corrected chi connectivity index (χ1v) is 6.56. The first kappa shape index (κ1) is 16.1. The fourth-order valence-corrected chi connectivity index (χ4v) is 2.09. The van der Waals surface area contributed by atoms with E-state index in [4.69, 9.17) is 4.42 Å². The molecule has 1 aromatic rings. The van der Waals surface area contributed by atoms with Gasteiger partial charge in [0.05, 0.1) is 6.26 Å². The van der Waals surface area contributed by atoms with Crippen LogP contribution in [0.15, 0.2) is 40.5 Å². The van der Waals surface area contributed by atoms with E-state index in [1.807, 2.05) is 18.2 Å². The number of nitrogens with zero attached hydrogens (tertiary/aromatic N) is 2. The molecule has 1 N–H and O–H groups in total. The lowest BCUT2D eigenvalue weighted by Crippen LogP contribution is -2.39. The highest BCUT2D eigenvalue weighted by atomic mass is 127. The number of guanidine groups is 1. The van der Waals surface area contributed by atoms with E-state index in [0.717, 1.165) is 44.3 Å². The van der Waals surface area contributed by atoms with Gasteiger partial charge in [0.1, 0.15) is 5.76 Å². The van der Waals surface area contributed by atoms with Crippen LogP contribution >= 0.6 is 24.0 Å². The van der Waals surface area contributed by atoms with Gasteiger partial charge in [-0.15, -0.1) is 30.6 Å². The van der Waals surface area contributed by atoms with Crippen LogP contribution in [0, 0.1) is 0 Å². The van der Waals surface area contributed by atoms with Gasteiger partial charge in [0, 0.05) is 32.6 Å². The van der Waals surface area contributed by atoms with Crippen LogP contribution in [0.5, 0.6) is 0 Å². The smallest absolute Gasteiger partial charge is 0.194 e. The minimum absolute atomic E-state index is 0. The highest BCUT2D eigenvalue weighted by molar-refractivity contribution is 14.0. The lowest BCUT2D eigenvalue weighted by molar-refractivity contribution is 0.490. The zero-order chi connectivity index (χ0) is 12.6. The molecule has 0 unspecified atom stereocenters. The van der Waals surface area contributed by atoms with Crippen LogP contribution in [0.2, 0.25) is 0 Å². The maximum atomic E-state index is 5.30. The summed E-state index contributed by atoms with van der Waals surface area (Å²) in [5.41, 5.74) is 0. The van der Waals surface area contributed by atoms with Crippen molar-refractivity contribution in [3.8, 4) is 0 Å². The van der Waals surface area contributed by atoms with Crippen LogP contribution in [-0.4, -0.2) is 37.0 Å². The van der Waals surface area contributed by atoms with Crippen molar-refractivity contribution >= 4 is 29.9 Å². The predicted molar refractivity (Wildman–Crippen MR) is 89.1 cm³/mol. The van der Waals surface area contributed by atoms with Crippen LogP contribution in [-0.2, 0) is 6.42 Å². The van der Waals surface area contributed by atoms with Gasteiger partial charge in [0.2, 0.25) is 0 Å². The molecule has 4 nitrogen and oxygen atoms in total. The van der Waals surface area contributed by atoms with Crippen molar-refractivity contribution in [3.05, 3.63) is 36.8 Å². The van der Waals surface area contributed by atoms with Crippen molar-refractivity contribution in [2.45, 2.75) is 19.3 Å². The predicted octanol–water partition coefficient (Wildman–Crippen LogP) is 2.67. The van der Waals surface area contributed by atoms with Crippen LogP contribution < -0.4 is 5.32 Å². The van der Waals surface area contributed by atoms with Gasteiger partial charge in [-0.1, -0.05) is 6.08 Å². The second-order valence-electron chi connectivity index (χ2n) is 4.40. The molecular formula is C14H22IN3O. The number of likely N-dealkylation sites (tertiary alicyclic amines) is 1. The summed E-state index contributed by atoms with van der Waals surface area (Å²) in [4.78, 5) is 6.95. The third kappa shape index (κ3) is 5.26. The lowest BCUT2D eigenvalue weighted by atomic mass is 10.3. The van der Waals surface area contributed by atoms with Gasteiger partial charge < -0.3 is 14.6 Å². The summed E-state index contributed by atoms with van der Waals surface area (Å²) in [6.07, 6.45) is 6.93. The summed E-state index contributed by atoms with van der Waals surface area (Å²) in [5.74, 6) is 1.99. The van der Waals surface area contributed by atoms with E-state index in [2.05, 4.69) is 21.8 Å². The van der Waals surface area contributed by atoms with Crippen molar-refractivity contribution in [1.82, 2.24) is 10.2 Å². The summed E-state index contributed by atoms with van der Waals surface area (Å²) < 4.78 is 5.30. The van der Waals surface area contributed by atoms with E-state index in [1.165, 1.54) is 12.8 Å². The molecule has 5 heteroatoms. The van der Waals surface area contributed by atoms with Gasteiger partial charge >= 0.3 is 0 Å². The second-order valence-corrected chi connectivity index (χ2v) is 4.40. The van der Waals surface area contributed by atoms with Crippen LogP contribution in [0.25, 0.3) is 0 Å². The third-order valence-corrected chi connectivity index (χ3v) is 3.01. The number of aliphatic imine (C=N–C) groups is 1. The van der Waals surface area contributed by atoms with Crippen molar-refractivity contribution in [1.29, 1.82) is 0 Å². The molecule has 0 bridgehead atoms. The first-order valence-electron chi connectivity index (χ1n) is 6.56. The summed E-state index contributed by atoms with van der Waals surface area (Å²) in [6.45, 7) is 7.44. The molecule has 2 rings (SSSR count). The summed E-state index contributed by atoms with van der Waals surface area (Å²) in [6, 6.07) is 3.90. The molecule has 0 aromatic carbocycles. The molecule has 1 fully saturated rings. The van der Waals surface area contributed by atoms with Crippen LogP contribution in [0.4, 0.5) is 0 Å². The highest BCUT2D eigenvalue weighted by Crippen LogP contribution is 2.08. The Morgan fingerprint density at radius 2 is 2.26 bits per heavy atom. The van der Waals surface area contributed by atoms with Gasteiger partial charge in [-0.25, -0.2) is 0 Å². The number of furan rings is 1. The quantitative estimate of drug-likeness (QED) is 0.372. The molecule has 2 heterocycles. The lowest BCUT2D eigenvalue weighted by Gasteiger charge is -2.20. The Labute approximate surface area is 132 Å². The highest BCUT2D eigenvalue weighted by Gasteiger charge is 2.15. The van der Waals surface area contributed by atoms with Crippen molar-refractivity contribution in [2.24, 2.45) is 4.99 Å². The van der Waals surface area contributed by atoms with Crippen molar-refractivity contribution in [2.75, 3.05) is 26.2 Å². The number of nitrogens with one attached hydrogen (secondary N) is 1. The molecule has 1 saturated heterocycles. The van der Waals surface area contributed by atoms with E-state index >= 15 is 0 Å². The summed E-state index contributed by atoms with van der Waals surface area (Å²) in [7, 11) is 0. The van der Waals surface area contributed by atoms with E-state index in [9.17, 15) is 0 Å². The van der Waals surface area contributed by atoms with Gasteiger partial charge in [0.25, 0.3) is 0 Å². The number of halogens is 1. The van der Waals surface area contributed by atoms with Gasteiger partial charge in [-0.2, -0.15) is 0 Å². The second kappa shape index (κ2) is 9.01. The Balaban J connectivity index is 0.00000180. The topological polar surface area (TPSA) is 40.8 Å². The zero-order valence-corrected chi connectivity index (χ0v) is 13.5. The van der Waals surface area contributed by atoms with Crippen molar-refractivity contribution in [3.63, 3.8) is 0 Å². The third-order valence-electron chi connectivity index (χ3n) is 3.01. The number of hydrogen-bond donors (Lipinski definition) is 1. The SMILES string of the molecule is C=CCNC(=NCCc1ccco1)N1CCCC1.I. The van der Waals surface area contributed by atoms with Crippen LogP contribution in [0.3, 0.4) is 0 Å². The van der Waals surface area contributed by atoms with Crippen molar-refractivity contribution < 1.29 is 4.42 Å². The van der Waals surface area contributed by atoms with Gasteiger partial charge in [-0.05, 0) is 25.0 Å². The molecule has 1 aromatic heterocycles. The zero-order valence-electron chi connectivity index (χ0n) is 11.2. The molecule has 0 amide bonds. The molecule has 1 aliphatic rings. The Kier molecular flexibility index (Phi) is 7.62. The monoisotopic (exact) mass is 375 g/mol. The first-order chi connectivity index (χ1) is 8.90. The van der Waals surface area contributed by atoms with E-state index in [1.54, 1.807) is 6.26 Å². The molecular weight excluding hydrogens is 353 g/mol. The van der Waals surface area contributed by atoms with E-state index in [-0.39, 0.29) is 24.0 Å². The molecule has 0 radical (unpaired) electrons. The Hall–Kier alpha value is -0.980. The normalized spacial score (nSPS) is 15.2. The molecule has 0 saturated carbocycles. The average molecular weight is 375 g/mol. The molecule has 106 valence electrons. The molecule has 0 spiro atoms. The molecule has 0 atom stereocenters. The largest absolute Gasteiger partial charge is 0.469 e. The minimum Gasteiger partial charge on any atom is -0.469 e. The van der Waals surface area contributed by atoms with Gasteiger partial charge in [-0.3, -0.25) is 4.99 Å². The average Bonchev–Trinajstić information content (AvgIpc) is 3.05. The number of rotatable bonds is 5. The van der Waals surface area contributed by atoms with Gasteiger partial charge in [0.15, 0.2) is 5.96 Å². The Morgan fingerprint density at radius 1 is 1.47 bits per heavy atom. The summed E-state index contributed by atoms with van der Waals surface area (Å²) >= 11 is 0. The summed E-state index contributed by atoms with van der Waals surface area (Å²) in [5, 5.41) is 3.32. The fraction of sp³-hybridized carbons (Fsp3) is 0.500. The molecule has 1 aliphatic heterocycles. The Bertz CT molecular complexity index is 383. The maximum Gasteiger partial charge on any atom is 0.194 e. The Morgan fingerprint density at radius 3 is 2.89 bits per heavy atom. The fourth-order valence-electron chi connectivity index (χ4n) is 2.09. The number of hydrogen-bond acceptors (Lipinski definition) is 2. The molecule has 19 heavy (non-hydrogen) atoms. The van der Waals surface area contributed by atoms with E-state index < -0.39 is 0 Å². The maximum absolute atomic E-state index is 5.30.